The molecule has 61 heavy (non-hydrogen) atoms. The molecule has 0 aliphatic carbocycles. The Morgan fingerprint density at radius 2 is 0.639 bits per heavy atom. The molecular weight excluding hydrogens is 745 g/mol. The molecule has 8 aromatic carbocycles. The second-order valence-electron chi connectivity index (χ2n) is 15.0. The molecule has 0 aliphatic heterocycles. The molecule has 0 saturated heterocycles. The van der Waals surface area contributed by atoms with Crippen LogP contribution in [0.5, 0.6) is 0 Å². The molecule has 0 atom stereocenters. The van der Waals surface area contributed by atoms with E-state index in [1.807, 2.05) is 42.5 Å². The number of rotatable bonds is 8. The molecule has 11 aromatic rings. The van der Waals surface area contributed by atoms with Gasteiger partial charge in [-0.05, 0) is 39.9 Å². The molecule has 5 nitrogen and oxygen atoms in total. The molecule has 0 unspecified atom stereocenters. The molecule has 0 bridgehead atoms. The molecule has 0 saturated carbocycles. The lowest BCUT2D eigenvalue weighted by atomic mass is 9.94. The van der Waals surface area contributed by atoms with Gasteiger partial charge in [-0.1, -0.05) is 206 Å². The highest BCUT2D eigenvalue weighted by molar-refractivity contribution is 6.16. The zero-order valence-corrected chi connectivity index (χ0v) is 33.0. The van der Waals surface area contributed by atoms with Crippen LogP contribution >= 0.6 is 0 Å². The summed E-state index contributed by atoms with van der Waals surface area (Å²) in [6, 6.07) is 74.9. The van der Waals surface area contributed by atoms with Crippen molar-refractivity contribution in [3.63, 3.8) is 0 Å². The summed E-state index contributed by atoms with van der Waals surface area (Å²) in [6.07, 6.45) is 0. The van der Waals surface area contributed by atoms with Gasteiger partial charge in [0.2, 0.25) is 0 Å². The Balaban J connectivity index is 1.04. The van der Waals surface area contributed by atoms with Crippen LogP contribution in [0.15, 0.2) is 223 Å². The fourth-order valence-corrected chi connectivity index (χ4v) is 8.09. The molecule has 286 valence electrons. The maximum Gasteiger partial charge on any atom is 0.164 e. The first-order valence-electron chi connectivity index (χ1n) is 20.4. The number of pyridine rings is 1. The molecule has 3 aromatic heterocycles. The zero-order chi connectivity index (χ0) is 40.5. The van der Waals surface area contributed by atoms with Crippen LogP contribution in [-0.4, -0.2) is 19.9 Å². The van der Waals surface area contributed by atoms with Gasteiger partial charge in [-0.2, -0.15) is 0 Å². The molecule has 5 heteroatoms. The maximum atomic E-state index is 7.02. The summed E-state index contributed by atoms with van der Waals surface area (Å²) in [5.41, 5.74) is 13.9. The number of benzene rings is 8. The number of para-hydroxylation sites is 1. The summed E-state index contributed by atoms with van der Waals surface area (Å²) < 4.78 is 7.02. The van der Waals surface area contributed by atoms with Crippen molar-refractivity contribution < 1.29 is 4.42 Å². The second kappa shape index (κ2) is 15.5. The lowest BCUT2D eigenvalue weighted by molar-refractivity contribution is 0.636. The van der Waals surface area contributed by atoms with Crippen molar-refractivity contribution >= 4 is 21.9 Å². The van der Waals surface area contributed by atoms with Crippen molar-refractivity contribution in [3.05, 3.63) is 218 Å². The van der Waals surface area contributed by atoms with Gasteiger partial charge in [-0.15, -0.1) is 0 Å². The third kappa shape index (κ3) is 6.84. The second-order valence-corrected chi connectivity index (χ2v) is 15.0. The van der Waals surface area contributed by atoms with Crippen LogP contribution in [0.25, 0.3) is 112 Å². The summed E-state index contributed by atoms with van der Waals surface area (Å²) in [4.78, 5) is 20.5. The standard InChI is InChI=1S/C56H36N4O/c1-5-15-37(16-6-1)39-25-31-44(32-26-39)54-58-55(45-33-27-40(28-34-45)38-17-7-2-8-18-38)60-56(59-54)46-35-29-43(30-36-46)52-49(41-19-9-3-10-20-41)50-51(42-21-11-4-12-22-42)57-48-24-14-13-23-47(48)53(50)61-52/h1-36H. The van der Waals surface area contributed by atoms with E-state index in [4.69, 9.17) is 24.4 Å². The summed E-state index contributed by atoms with van der Waals surface area (Å²) in [5.74, 6) is 2.57. The van der Waals surface area contributed by atoms with E-state index in [0.29, 0.717) is 17.5 Å². The van der Waals surface area contributed by atoms with E-state index in [1.165, 1.54) is 0 Å². The van der Waals surface area contributed by atoms with Gasteiger partial charge in [0.25, 0.3) is 0 Å². The Morgan fingerprint density at radius 1 is 0.279 bits per heavy atom. The van der Waals surface area contributed by atoms with Gasteiger partial charge < -0.3 is 4.42 Å². The van der Waals surface area contributed by atoms with E-state index in [0.717, 1.165) is 94.5 Å². The molecule has 0 amide bonds. The first kappa shape index (κ1) is 35.8. The summed E-state index contributed by atoms with van der Waals surface area (Å²) in [5, 5.41) is 1.95. The number of hydrogen-bond donors (Lipinski definition) is 0. The predicted octanol–water partition coefficient (Wildman–Crippen LogP) is 14.5. The largest absolute Gasteiger partial charge is 0.455 e. The minimum atomic E-state index is 0.584. The lowest BCUT2D eigenvalue weighted by Crippen LogP contribution is -2.00. The van der Waals surface area contributed by atoms with Crippen LogP contribution < -0.4 is 0 Å². The van der Waals surface area contributed by atoms with Crippen LogP contribution in [-0.2, 0) is 0 Å². The smallest absolute Gasteiger partial charge is 0.164 e. The van der Waals surface area contributed by atoms with E-state index >= 15 is 0 Å². The van der Waals surface area contributed by atoms with Crippen molar-refractivity contribution in [3.8, 4) is 90.1 Å². The average Bonchev–Trinajstić information content (AvgIpc) is 3.76. The lowest BCUT2D eigenvalue weighted by Gasteiger charge is -2.11. The van der Waals surface area contributed by atoms with E-state index < -0.39 is 0 Å². The van der Waals surface area contributed by atoms with Crippen molar-refractivity contribution in [2.24, 2.45) is 0 Å². The van der Waals surface area contributed by atoms with Gasteiger partial charge in [-0.25, -0.2) is 19.9 Å². The average molecular weight is 781 g/mol. The molecule has 11 rings (SSSR count). The van der Waals surface area contributed by atoms with Crippen LogP contribution in [0.3, 0.4) is 0 Å². The highest BCUT2D eigenvalue weighted by Crippen LogP contribution is 2.47. The van der Waals surface area contributed by atoms with E-state index in [1.54, 1.807) is 0 Å². The van der Waals surface area contributed by atoms with Crippen LogP contribution in [0, 0.1) is 0 Å². The Labute approximate surface area is 353 Å². The summed E-state index contributed by atoms with van der Waals surface area (Å²) >= 11 is 0. The van der Waals surface area contributed by atoms with Gasteiger partial charge in [0, 0.05) is 38.8 Å². The minimum Gasteiger partial charge on any atom is -0.455 e. The van der Waals surface area contributed by atoms with Crippen molar-refractivity contribution in [2.75, 3.05) is 0 Å². The fraction of sp³-hybridized carbons (Fsp3) is 0. The topological polar surface area (TPSA) is 64.7 Å². The SMILES string of the molecule is c1ccc(-c2ccc(-c3nc(-c4ccc(-c5ccccc5)cc4)nc(-c4ccc(-c5oc6c(c(-c7ccccc7)nc7ccccc76)c5-c5ccccc5)cc4)n3)cc2)cc1. The Hall–Kier alpha value is -8.28. The molecule has 0 aliphatic rings. The Morgan fingerprint density at radius 3 is 1.11 bits per heavy atom. The van der Waals surface area contributed by atoms with Crippen molar-refractivity contribution in [1.82, 2.24) is 19.9 Å². The monoisotopic (exact) mass is 780 g/mol. The van der Waals surface area contributed by atoms with Crippen LogP contribution in [0.1, 0.15) is 0 Å². The Bertz CT molecular complexity index is 3190. The van der Waals surface area contributed by atoms with Gasteiger partial charge in [0.05, 0.1) is 16.6 Å². The molecule has 0 radical (unpaired) electrons. The molecule has 3 heterocycles. The molecule has 0 spiro atoms. The van der Waals surface area contributed by atoms with Crippen LogP contribution in [0.4, 0.5) is 0 Å². The highest BCUT2D eigenvalue weighted by atomic mass is 16.3. The molecule has 0 fully saturated rings. The van der Waals surface area contributed by atoms with Gasteiger partial charge in [0.1, 0.15) is 11.3 Å². The maximum absolute atomic E-state index is 7.02. The third-order valence-corrected chi connectivity index (χ3v) is 11.2. The minimum absolute atomic E-state index is 0.584. The van der Waals surface area contributed by atoms with E-state index in [-0.39, 0.29) is 0 Å². The number of fused-ring (bicyclic) bond motifs is 3. The Kier molecular flexibility index (Phi) is 9.10. The zero-order valence-electron chi connectivity index (χ0n) is 33.0. The van der Waals surface area contributed by atoms with Gasteiger partial charge in [0.15, 0.2) is 17.5 Å². The highest BCUT2D eigenvalue weighted by Gasteiger charge is 2.24. The number of nitrogens with zero attached hydrogens (tertiary/aromatic N) is 4. The van der Waals surface area contributed by atoms with E-state index in [2.05, 4.69) is 176 Å². The van der Waals surface area contributed by atoms with Crippen molar-refractivity contribution in [2.45, 2.75) is 0 Å². The number of hydrogen-bond acceptors (Lipinski definition) is 5. The molecule has 0 N–H and O–H groups in total. The van der Waals surface area contributed by atoms with Crippen molar-refractivity contribution in [1.29, 1.82) is 0 Å². The van der Waals surface area contributed by atoms with Gasteiger partial charge >= 0.3 is 0 Å². The van der Waals surface area contributed by atoms with Gasteiger partial charge in [-0.3, -0.25) is 0 Å². The summed E-state index contributed by atoms with van der Waals surface area (Å²) in [7, 11) is 0. The fourth-order valence-electron chi connectivity index (χ4n) is 8.09. The normalized spacial score (nSPS) is 11.3. The first-order valence-corrected chi connectivity index (χ1v) is 20.4. The number of furan rings is 1. The van der Waals surface area contributed by atoms with Crippen LogP contribution in [0.2, 0.25) is 0 Å². The van der Waals surface area contributed by atoms with E-state index in [9.17, 15) is 0 Å². The predicted molar refractivity (Wildman–Crippen MR) is 248 cm³/mol. The number of aromatic nitrogens is 4. The third-order valence-electron chi connectivity index (χ3n) is 11.2. The summed E-state index contributed by atoms with van der Waals surface area (Å²) in [6.45, 7) is 0. The first-order chi connectivity index (χ1) is 30.2. The molecular formula is C56H36N4O. The quantitative estimate of drug-likeness (QED) is 0.154.